The highest BCUT2D eigenvalue weighted by molar-refractivity contribution is 7.89. The summed E-state index contributed by atoms with van der Waals surface area (Å²) in [6, 6.07) is 15.9. The van der Waals surface area contributed by atoms with E-state index in [-0.39, 0.29) is 23.4 Å². The van der Waals surface area contributed by atoms with E-state index in [1.54, 1.807) is 33.7 Å². The number of carbonyl (C=O) groups excluding carboxylic acids is 1. The Balaban J connectivity index is 1.45. The van der Waals surface area contributed by atoms with E-state index in [4.69, 9.17) is 9.40 Å². The molecule has 0 radical (unpaired) electrons. The molecular formula is C27H29N3O4S2. The molecule has 9 heteroatoms. The lowest BCUT2D eigenvalue weighted by molar-refractivity contribution is 0.0983. The van der Waals surface area contributed by atoms with Crippen LogP contribution in [0.2, 0.25) is 0 Å². The molecule has 7 nitrogen and oxygen atoms in total. The zero-order chi connectivity index (χ0) is 25.3. The van der Waals surface area contributed by atoms with Crippen LogP contribution in [-0.2, 0) is 16.6 Å². The summed E-state index contributed by atoms with van der Waals surface area (Å²) in [6.07, 6.45) is 5.17. The number of benzene rings is 2. The molecule has 0 aliphatic carbocycles. The number of nitrogens with zero attached hydrogens (tertiary/aromatic N) is 3. The standard InChI is InChI=1S/C27H29N3O4S2/c1-3-21-7-4-5-15-30(21)36(32,33)23-12-10-20(11-13-23)26(31)29(18-22-8-6-16-34-22)27-28-24-14-9-19(2)17-25(24)35-27/h6,8-14,16-17,21H,3-5,7,15,18H2,1-2H3. The number of anilines is 1. The summed E-state index contributed by atoms with van der Waals surface area (Å²) in [7, 11) is -3.62. The molecule has 2 aromatic heterocycles. The van der Waals surface area contributed by atoms with Crippen molar-refractivity contribution in [1.29, 1.82) is 0 Å². The third-order valence-electron chi connectivity index (χ3n) is 6.65. The number of piperidine rings is 1. The molecular weight excluding hydrogens is 494 g/mol. The normalized spacial score (nSPS) is 16.9. The van der Waals surface area contributed by atoms with Gasteiger partial charge in [-0.05, 0) is 80.3 Å². The number of sulfonamides is 1. The molecule has 1 aliphatic rings. The first-order valence-corrected chi connectivity index (χ1v) is 14.5. The summed E-state index contributed by atoms with van der Waals surface area (Å²) in [5, 5.41) is 0.563. The van der Waals surface area contributed by atoms with Crippen molar-refractivity contribution >= 4 is 42.6 Å². The van der Waals surface area contributed by atoms with Crippen LogP contribution >= 0.6 is 11.3 Å². The fourth-order valence-corrected chi connectivity index (χ4v) is 7.51. The van der Waals surface area contributed by atoms with Gasteiger partial charge in [-0.1, -0.05) is 30.7 Å². The van der Waals surface area contributed by atoms with Crippen molar-refractivity contribution in [2.24, 2.45) is 0 Å². The highest BCUT2D eigenvalue weighted by Crippen LogP contribution is 2.32. The molecule has 2 aromatic carbocycles. The molecule has 1 aliphatic heterocycles. The molecule has 1 unspecified atom stereocenters. The Morgan fingerprint density at radius 1 is 1.17 bits per heavy atom. The number of aromatic nitrogens is 1. The maximum Gasteiger partial charge on any atom is 0.260 e. The topological polar surface area (TPSA) is 83.7 Å². The van der Waals surface area contributed by atoms with Gasteiger partial charge in [-0.3, -0.25) is 9.69 Å². The predicted molar refractivity (Wildman–Crippen MR) is 142 cm³/mol. The van der Waals surface area contributed by atoms with Crippen LogP contribution in [0.25, 0.3) is 10.2 Å². The Kier molecular flexibility index (Phi) is 6.96. The lowest BCUT2D eigenvalue weighted by Crippen LogP contribution is -2.43. The number of hydrogen-bond acceptors (Lipinski definition) is 6. The average Bonchev–Trinajstić information content (AvgIpc) is 3.56. The molecule has 0 spiro atoms. The minimum absolute atomic E-state index is 0.0246. The molecule has 188 valence electrons. The summed E-state index contributed by atoms with van der Waals surface area (Å²) in [4.78, 5) is 20.2. The number of hydrogen-bond donors (Lipinski definition) is 0. The van der Waals surface area contributed by atoms with Crippen molar-refractivity contribution in [3.05, 3.63) is 77.7 Å². The fraction of sp³-hybridized carbons (Fsp3) is 0.333. The molecule has 1 amide bonds. The molecule has 1 fully saturated rings. The SMILES string of the molecule is CCC1CCCCN1S(=O)(=O)c1ccc(C(=O)N(Cc2ccco2)c2nc3ccc(C)cc3s2)cc1. The summed E-state index contributed by atoms with van der Waals surface area (Å²) in [5.41, 5.74) is 2.34. The van der Waals surface area contributed by atoms with Crippen molar-refractivity contribution in [1.82, 2.24) is 9.29 Å². The average molecular weight is 524 g/mol. The first-order chi connectivity index (χ1) is 17.4. The highest BCUT2D eigenvalue weighted by atomic mass is 32.2. The first kappa shape index (κ1) is 24.7. The van der Waals surface area contributed by atoms with E-state index in [2.05, 4.69) is 6.07 Å². The third-order valence-corrected chi connectivity index (χ3v) is 9.66. The second-order valence-electron chi connectivity index (χ2n) is 9.14. The molecule has 0 saturated carbocycles. The molecule has 1 atom stereocenters. The largest absolute Gasteiger partial charge is 0.467 e. The predicted octanol–water partition coefficient (Wildman–Crippen LogP) is 6.00. The van der Waals surface area contributed by atoms with Gasteiger partial charge in [-0.15, -0.1) is 0 Å². The monoisotopic (exact) mass is 523 g/mol. The van der Waals surface area contributed by atoms with Crippen LogP contribution in [0.3, 0.4) is 0 Å². The van der Waals surface area contributed by atoms with Crippen LogP contribution in [0.15, 0.2) is 70.2 Å². The highest BCUT2D eigenvalue weighted by Gasteiger charge is 2.32. The van der Waals surface area contributed by atoms with E-state index in [1.807, 2.05) is 32.0 Å². The lowest BCUT2D eigenvalue weighted by atomic mass is 10.0. The first-order valence-electron chi connectivity index (χ1n) is 12.2. The third kappa shape index (κ3) is 4.83. The summed E-state index contributed by atoms with van der Waals surface area (Å²) in [5.74, 6) is 0.365. The van der Waals surface area contributed by atoms with E-state index in [0.717, 1.165) is 41.5 Å². The van der Waals surface area contributed by atoms with Crippen molar-refractivity contribution in [3.8, 4) is 0 Å². The summed E-state index contributed by atoms with van der Waals surface area (Å²) >= 11 is 1.44. The van der Waals surface area contributed by atoms with Crippen molar-refractivity contribution in [2.45, 2.75) is 57.0 Å². The van der Waals surface area contributed by atoms with Gasteiger partial charge in [0.25, 0.3) is 5.91 Å². The Labute approximate surface area is 215 Å². The van der Waals surface area contributed by atoms with Gasteiger partial charge in [0.1, 0.15) is 5.76 Å². The minimum atomic E-state index is -3.62. The smallest absolute Gasteiger partial charge is 0.260 e. The number of rotatable bonds is 7. The van der Waals surface area contributed by atoms with Crippen LogP contribution in [0.4, 0.5) is 5.13 Å². The van der Waals surface area contributed by atoms with Crippen LogP contribution < -0.4 is 4.90 Å². The van der Waals surface area contributed by atoms with Gasteiger partial charge in [0.05, 0.1) is 27.9 Å². The Morgan fingerprint density at radius 3 is 2.69 bits per heavy atom. The molecule has 0 N–H and O–H groups in total. The van der Waals surface area contributed by atoms with Crippen molar-refractivity contribution in [3.63, 3.8) is 0 Å². The second-order valence-corrected chi connectivity index (χ2v) is 12.0. The maximum atomic E-state index is 13.7. The fourth-order valence-electron chi connectivity index (χ4n) is 4.68. The van der Waals surface area contributed by atoms with Gasteiger partial charge in [0.15, 0.2) is 5.13 Å². The van der Waals surface area contributed by atoms with Gasteiger partial charge >= 0.3 is 0 Å². The molecule has 4 aromatic rings. The minimum Gasteiger partial charge on any atom is -0.467 e. The number of furan rings is 1. The zero-order valence-electron chi connectivity index (χ0n) is 20.4. The Bertz CT molecular complexity index is 1460. The number of amides is 1. The number of fused-ring (bicyclic) bond motifs is 1. The quantitative estimate of drug-likeness (QED) is 0.297. The van der Waals surface area contributed by atoms with Crippen LogP contribution in [0, 0.1) is 6.92 Å². The van der Waals surface area contributed by atoms with Crippen LogP contribution in [-0.4, -0.2) is 36.2 Å². The van der Waals surface area contributed by atoms with Gasteiger partial charge < -0.3 is 4.42 Å². The molecule has 0 bridgehead atoms. The van der Waals surface area contributed by atoms with E-state index in [1.165, 1.54) is 23.5 Å². The van der Waals surface area contributed by atoms with E-state index < -0.39 is 10.0 Å². The number of carbonyl (C=O) groups is 1. The van der Waals surface area contributed by atoms with Crippen molar-refractivity contribution in [2.75, 3.05) is 11.4 Å². The van der Waals surface area contributed by atoms with Crippen molar-refractivity contribution < 1.29 is 17.6 Å². The number of thiazole rings is 1. The Hall–Kier alpha value is -3.01. The van der Waals surface area contributed by atoms with Crippen LogP contribution in [0.1, 0.15) is 54.3 Å². The van der Waals surface area contributed by atoms with Gasteiger partial charge in [0, 0.05) is 18.2 Å². The molecule has 36 heavy (non-hydrogen) atoms. The van der Waals surface area contributed by atoms with E-state index >= 15 is 0 Å². The summed E-state index contributed by atoms with van der Waals surface area (Å²) in [6.45, 7) is 4.80. The molecule has 5 rings (SSSR count). The van der Waals surface area contributed by atoms with Gasteiger partial charge in [-0.2, -0.15) is 4.31 Å². The van der Waals surface area contributed by atoms with Gasteiger partial charge in [0.2, 0.25) is 10.0 Å². The van der Waals surface area contributed by atoms with Gasteiger partial charge in [-0.25, -0.2) is 13.4 Å². The summed E-state index contributed by atoms with van der Waals surface area (Å²) < 4.78 is 34.8. The number of aryl methyl sites for hydroxylation is 1. The zero-order valence-corrected chi connectivity index (χ0v) is 22.0. The van der Waals surface area contributed by atoms with E-state index in [0.29, 0.717) is 23.0 Å². The Morgan fingerprint density at radius 2 is 1.97 bits per heavy atom. The molecule has 3 heterocycles. The maximum absolute atomic E-state index is 13.7. The van der Waals surface area contributed by atoms with Crippen LogP contribution in [0.5, 0.6) is 0 Å². The van der Waals surface area contributed by atoms with E-state index in [9.17, 15) is 13.2 Å². The molecule has 1 saturated heterocycles. The second kappa shape index (κ2) is 10.2. The lowest BCUT2D eigenvalue weighted by Gasteiger charge is -2.34.